The number of anilines is 1. The molecule has 2 aromatic rings. The normalized spacial score (nSPS) is 11.5. The molecule has 0 radical (unpaired) electrons. The fraction of sp³-hybridized carbons (Fsp3) is 0.294. The summed E-state index contributed by atoms with van der Waals surface area (Å²) < 4.78 is 45.3. The van der Waals surface area contributed by atoms with E-state index < -0.39 is 15.8 Å². The zero-order valence-electron chi connectivity index (χ0n) is 13.4. The molecule has 2 aromatic carbocycles. The second-order valence-electron chi connectivity index (χ2n) is 5.28. The first-order valence-corrected chi connectivity index (χ1v) is 8.83. The van der Waals surface area contributed by atoms with Crippen molar-refractivity contribution in [2.75, 3.05) is 10.8 Å². The Kier molecular flexibility index (Phi) is 5.26. The Morgan fingerprint density at radius 3 is 2.09 bits per heavy atom. The van der Waals surface area contributed by atoms with E-state index in [0.29, 0.717) is 11.4 Å². The number of rotatable bonds is 6. The second kappa shape index (κ2) is 7.00. The molecule has 0 fully saturated rings. The van der Waals surface area contributed by atoms with Crippen LogP contribution in [0, 0.1) is 5.82 Å². The number of halogens is 1. The molecule has 0 saturated heterocycles. The summed E-state index contributed by atoms with van der Waals surface area (Å²) in [4.78, 5) is 0.0586. The Balaban J connectivity index is 2.33. The molecule has 0 heterocycles. The lowest BCUT2D eigenvalue weighted by molar-refractivity contribution is 0.242. The van der Waals surface area contributed by atoms with Crippen molar-refractivity contribution in [2.24, 2.45) is 0 Å². The van der Waals surface area contributed by atoms with Crippen molar-refractivity contribution in [3.8, 4) is 5.75 Å². The van der Waals surface area contributed by atoms with Gasteiger partial charge in [-0.1, -0.05) is 0 Å². The van der Waals surface area contributed by atoms with E-state index in [-0.39, 0.29) is 17.5 Å². The summed E-state index contributed by atoms with van der Waals surface area (Å²) in [6, 6.07) is 11.7. The zero-order chi connectivity index (χ0) is 17.0. The molecule has 23 heavy (non-hydrogen) atoms. The third kappa shape index (κ3) is 4.01. The lowest BCUT2D eigenvalue weighted by Gasteiger charge is -2.23. The molecule has 2 rings (SSSR count). The van der Waals surface area contributed by atoms with E-state index in [9.17, 15) is 12.8 Å². The largest absolute Gasteiger partial charge is 0.491 e. The Hall–Kier alpha value is -2.08. The van der Waals surface area contributed by atoms with Gasteiger partial charge in [0.05, 0.1) is 16.7 Å². The first kappa shape index (κ1) is 17.3. The molecular weight excluding hydrogens is 317 g/mol. The van der Waals surface area contributed by atoms with Crippen LogP contribution in [-0.4, -0.2) is 21.1 Å². The molecule has 0 aliphatic carbocycles. The van der Waals surface area contributed by atoms with Gasteiger partial charge in [0.15, 0.2) is 0 Å². The number of benzene rings is 2. The lowest BCUT2D eigenvalue weighted by atomic mass is 10.3. The molecule has 0 saturated carbocycles. The fourth-order valence-electron chi connectivity index (χ4n) is 2.19. The maximum Gasteiger partial charge on any atom is 0.264 e. The molecule has 4 nitrogen and oxygen atoms in total. The molecule has 0 aromatic heterocycles. The van der Waals surface area contributed by atoms with Crippen molar-refractivity contribution < 1.29 is 17.5 Å². The summed E-state index contributed by atoms with van der Waals surface area (Å²) in [5.41, 5.74) is 0.535. The Labute approximate surface area is 136 Å². The summed E-state index contributed by atoms with van der Waals surface area (Å²) in [5, 5.41) is 0. The number of ether oxygens (including phenoxy) is 1. The molecule has 6 heteroatoms. The highest BCUT2D eigenvalue weighted by Crippen LogP contribution is 2.26. The van der Waals surface area contributed by atoms with Crippen LogP contribution in [-0.2, 0) is 10.0 Å². The van der Waals surface area contributed by atoms with Gasteiger partial charge in [0.1, 0.15) is 11.6 Å². The maximum atomic E-state index is 13.0. The SMILES string of the molecule is CCN(c1ccc(OC(C)C)cc1)S(=O)(=O)c1ccc(F)cc1. The highest BCUT2D eigenvalue weighted by atomic mass is 32.2. The third-order valence-corrected chi connectivity index (χ3v) is 5.10. The molecule has 0 aliphatic rings. The topological polar surface area (TPSA) is 46.6 Å². The molecule has 124 valence electrons. The van der Waals surface area contributed by atoms with Gasteiger partial charge in [0.25, 0.3) is 10.0 Å². The monoisotopic (exact) mass is 337 g/mol. The van der Waals surface area contributed by atoms with Gasteiger partial charge in [-0.25, -0.2) is 12.8 Å². The van der Waals surface area contributed by atoms with Crippen LogP contribution in [0.2, 0.25) is 0 Å². The number of hydrogen-bond donors (Lipinski definition) is 0. The first-order chi connectivity index (χ1) is 10.8. The van der Waals surface area contributed by atoms with Crippen molar-refractivity contribution in [1.29, 1.82) is 0 Å². The van der Waals surface area contributed by atoms with Crippen molar-refractivity contribution in [3.05, 3.63) is 54.3 Å². The molecule has 0 amide bonds. The minimum atomic E-state index is -3.73. The van der Waals surface area contributed by atoms with Crippen LogP contribution >= 0.6 is 0 Å². The number of sulfonamides is 1. The van der Waals surface area contributed by atoms with Crippen LogP contribution < -0.4 is 9.04 Å². The minimum absolute atomic E-state index is 0.0473. The predicted molar refractivity (Wildman–Crippen MR) is 88.8 cm³/mol. The highest BCUT2D eigenvalue weighted by Gasteiger charge is 2.23. The van der Waals surface area contributed by atoms with E-state index in [0.717, 1.165) is 12.1 Å². The Morgan fingerprint density at radius 1 is 1.04 bits per heavy atom. The summed E-state index contributed by atoms with van der Waals surface area (Å²) in [7, 11) is -3.73. The average Bonchev–Trinajstić information content (AvgIpc) is 2.49. The van der Waals surface area contributed by atoms with Gasteiger partial charge < -0.3 is 4.74 Å². The first-order valence-electron chi connectivity index (χ1n) is 7.39. The van der Waals surface area contributed by atoms with Gasteiger partial charge in [-0.2, -0.15) is 0 Å². The van der Waals surface area contributed by atoms with Gasteiger partial charge in [-0.15, -0.1) is 0 Å². The van der Waals surface area contributed by atoms with Crippen LogP contribution in [0.15, 0.2) is 53.4 Å². The molecule has 0 bridgehead atoms. The smallest absolute Gasteiger partial charge is 0.264 e. The van der Waals surface area contributed by atoms with Gasteiger partial charge in [-0.3, -0.25) is 4.31 Å². The van der Waals surface area contributed by atoms with E-state index in [2.05, 4.69) is 0 Å². The summed E-state index contributed by atoms with van der Waals surface area (Å²) >= 11 is 0. The van der Waals surface area contributed by atoms with Crippen LogP contribution in [0.5, 0.6) is 5.75 Å². The van der Waals surface area contributed by atoms with E-state index in [1.807, 2.05) is 13.8 Å². The van der Waals surface area contributed by atoms with Gasteiger partial charge in [-0.05, 0) is 69.3 Å². The number of nitrogens with zero attached hydrogens (tertiary/aromatic N) is 1. The maximum absolute atomic E-state index is 13.0. The average molecular weight is 337 g/mol. The predicted octanol–water partition coefficient (Wildman–Crippen LogP) is 3.83. The zero-order valence-corrected chi connectivity index (χ0v) is 14.2. The van der Waals surface area contributed by atoms with Crippen molar-refractivity contribution >= 4 is 15.7 Å². The minimum Gasteiger partial charge on any atom is -0.491 e. The van der Waals surface area contributed by atoms with Crippen LogP contribution in [0.1, 0.15) is 20.8 Å². The quantitative estimate of drug-likeness (QED) is 0.805. The summed E-state index contributed by atoms with van der Waals surface area (Å²) in [6.07, 6.45) is 0.0473. The van der Waals surface area contributed by atoms with Crippen molar-refractivity contribution in [1.82, 2.24) is 0 Å². The second-order valence-corrected chi connectivity index (χ2v) is 7.15. The van der Waals surface area contributed by atoms with Gasteiger partial charge in [0.2, 0.25) is 0 Å². The lowest BCUT2D eigenvalue weighted by Crippen LogP contribution is -2.30. The summed E-state index contributed by atoms with van der Waals surface area (Å²) in [5.74, 6) is 0.209. The Bertz CT molecular complexity index is 740. The van der Waals surface area contributed by atoms with Crippen molar-refractivity contribution in [3.63, 3.8) is 0 Å². The molecule has 0 spiro atoms. The van der Waals surface area contributed by atoms with Crippen molar-refractivity contribution in [2.45, 2.75) is 31.8 Å². The van der Waals surface area contributed by atoms with Gasteiger partial charge in [0, 0.05) is 6.54 Å². The van der Waals surface area contributed by atoms with Crippen LogP contribution in [0.25, 0.3) is 0 Å². The molecule has 0 unspecified atom stereocenters. The third-order valence-electron chi connectivity index (χ3n) is 3.19. The van der Waals surface area contributed by atoms with Crippen LogP contribution in [0.4, 0.5) is 10.1 Å². The Morgan fingerprint density at radius 2 is 1.61 bits per heavy atom. The standard InChI is InChI=1S/C17H20FNO3S/c1-4-19(15-7-9-16(10-8-15)22-13(2)3)23(20,21)17-11-5-14(18)6-12-17/h5-13H,4H2,1-3H3. The van der Waals surface area contributed by atoms with E-state index in [1.165, 1.54) is 16.4 Å². The van der Waals surface area contributed by atoms with Gasteiger partial charge >= 0.3 is 0 Å². The molecule has 0 atom stereocenters. The van der Waals surface area contributed by atoms with Crippen LogP contribution in [0.3, 0.4) is 0 Å². The van der Waals surface area contributed by atoms with E-state index >= 15 is 0 Å². The number of hydrogen-bond acceptors (Lipinski definition) is 3. The molecule has 0 N–H and O–H groups in total. The summed E-state index contributed by atoms with van der Waals surface area (Å²) in [6.45, 7) is 5.86. The molecular formula is C17H20FNO3S. The fourth-order valence-corrected chi connectivity index (χ4v) is 3.66. The van der Waals surface area contributed by atoms with E-state index in [1.54, 1.807) is 31.2 Å². The van der Waals surface area contributed by atoms with E-state index in [4.69, 9.17) is 4.74 Å². The highest BCUT2D eigenvalue weighted by molar-refractivity contribution is 7.92. The molecule has 0 aliphatic heterocycles.